The van der Waals surface area contributed by atoms with Gasteiger partial charge in [-0.05, 0) is 37.1 Å². The van der Waals surface area contributed by atoms with E-state index in [2.05, 4.69) is 10.6 Å². The molecule has 21 heavy (non-hydrogen) atoms. The fraction of sp³-hybridized carbons (Fsp3) is 0.500. The number of aliphatic hydroxyl groups is 1. The monoisotopic (exact) mass is 302 g/mol. The molecule has 4 nitrogen and oxygen atoms in total. The second kappa shape index (κ2) is 6.34. The van der Waals surface area contributed by atoms with E-state index in [-0.39, 0.29) is 11.7 Å². The molecule has 2 atom stereocenters. The second-order valence-electron chi connectivity index (χ2n) is 5.13. The van der Waals surface area contributed by atoms with E-state index in [0.29, 0.717) is 12.8 Å². The number of anilines is 1. The summed E-state index contributed by atoms with van der Waals surface area (Å²) in [5, 5.41) is 14.8. The number of benzene rings is 1. The van der Waals surface area contributed by atoms with Crippen molar-refractivity contribution < 1.29 is 23.1 Å². The van der Waals surface area contributed by atoms with Crippen molar-refractivity contribution in [2.45, 2.75) is 44.0 Å². The molecule has 2 amide bonds. The number of nitrogens with one attached hydrogen (secondary N) is 2. The lowest BCUT2D eigenvalue weighted by molar-refractivity contribution is -0.137. The Hall–Kier alpha value is -1.76. The predicted molar refractivity (Wildman–Crippen MR) is 71.9 cm³/mol. The summed E-state index contributed by atoms with van der Waals surface area (Å²) in [6.07, 6.45) is -1.76. The molecule has 0 bridgehead atoms. The van der Waals surface area contributed by atoms with Crippen LogP contribution in [-0.2, 0) is 6.18 Å². The van der Waals surface area contributed by atoms with Crippen LogP contribution in [0, 0.1) is 0 Å². The molecule has 0 aliphatic heterocycles. The van der Waals surface area contributed by atoms with Gasteiger partial charge in [0.25, 0.3) is 0 Å². The van der Waals surface area contributed by atoms with Gasteiger partial charge in [0.15, 0.2) is 0 Å². The molecule has 2 rings (SSSR count). The topological polar surface area (TPSA) is 61.4 Å². The van der Waals surface area contributed by atoms with E-state index in [0.717, 1.165) is 25.0 Å². The van der Waals surface area contributed by atoms with Gasteiger partial charge in [0.1, 0.15) is 0 Å². The quantitative estimate of drug-likeness (QED) is 0.786. The number of carbonyl (C=O) groups is 1. The first-order chi connectivity index (χ1) is 9.86. The van der Waals surface area contributed by atoms with Crippen molar-refractivity contribution in [3.63, 3.8) is 0 Å². The van der Waals surface area contributed by atoms with Crippen LogP contribution in [0.5, 0.6) is 0 Å². The lowest BCUT2D eigenvalue weighted by atomic mass is 9.93. The Kier molecular flexibility index (Phi) is 4.72. The Morgan fingerprint density at radius 3 is 2.33 bits per heavy atom. The van der Waals surface area contributed by atoms with Crippen LogP contribution in [0.3, 0.4) is 0 Å². The average molecular weight is 302 g/mol. The van der Waals surface area contributed by atoms with E-state index in [1.165, 1.54) is 12.1 Å². The maximum Gasteiger partial charge on any atom is 0.416 e. The third-order valence-electron chi connectivity index (χ3n) is 3.52. The Labute approximate surface area is 120 Å². The zero-order valence-corrected chi connectivity index (χ0v) is 11.3. The Balaban J connectivity index is 1.90. The zero-order valence-electron chi connectivity index (χ0n) is 11.3. The zero-order chi connectivity index (χ0) is 15.5. The molecule has 1 aliphatic rings. The summed E-state index contributed by atoms with van der Waals surface area (Å²) >= 11 is 0. The molecular weight excluding hydrogens is 285 g/mol. The van der Waals surface area contributed by atoms with Gasteiger partial charge in [0.2, 0.25) is 0 Å². The van der Waals surface area contributed by atoms with Gasteiger partial charge in [-0.2, -0.15) is 13.2 Å². The predicted octanol–water partition coefficient (Wildman–Crippen LogP) is 3.13. The van der Waals surface area contributed by atoms with E-state index < -0.39 is 23.9 Å². The van der Waals surface area contributed by atoms with Crippen LogP contribution in [0.15, 0.2) is 24.3 Å². The first kappa shape index (κ1) is 15.6. The normalized spacial score (nSPS) is 22.7. The Bertz CT molecular complexity index is 488. The summed E-state index contributed by atoms with van der Waals surface area (Å²) in [5.74, 6) is 0. The molecule has 0 unspecified atom stereocenters. The largest absolute Gasteiger partial charge is 0.416 e. The highest BCUT2D eigenvalue weighted by Crippen LogP contribution is 2.29. The first-order valence-electron chi connectivity index (χ1n) is 6.79. The first-order valence-corrected chi connectivity index (χ1v) is 6.79. The number of hydrogen-bond donors (Lipinski definition) is 3. The van der Waals surface area contributed by atoms with E-state index >= 15 is 0 Å². The minimum absolute atomic E-state index is 0.269. The fourth-order valence-electron chi connectivity index (χ4n) is 2.36. The van der Waals surface area contributed by atoms with Crippen molar-refractivity contribution in [3.8, 4) is 0 Å². The van der Waals surface area contributed by atoms with Crippen molar-refractivity contribution in [1.82, 2.24) is 5.32 Å². The van der Waals surface area contributed by atoms with Crippen molar-refractivity contribution in [2.75, 3.05) is 5.32 Å². The fourth-order valence-corrected chi connectivity index (χ4v) is 2.36. The summed E-state index contributed by atoms with van der Waals surface area (Å²) in [6.45, 7) is 0. The van der Waals surface area contributed by atoms with Gasteiger partial charge in [0, 0.05) is 5.69 Å². The standard InChI is InChI=1S/C14H17F3N2O2/c15-14(16,17)9-5-7-10(8-6-9)18-13(21)19-11-3-1-2-4-12(11)20/h5-8,11-12,20H,1-4H2,(H2,18,19,21)/t11-,12-/m1/s1. The summed E-state index contributed by atoms with van der Waals surface area (Å²) in [4.78, 5) is 11.8. The van der Waals surface area contributed by atoms with Crippen LogP contribution in [0.25, 0.3) is 0 Å². The molecule has 1 aromatic carbocycles. The van der Waals surface area contributed by atoms with Gasteiger partial charge in [-0.1, -0.05) is 12.8 Å². The van der Waals surface area contributed by atoms with Gasteiger partial charge in [-0.25, -0.2) is 4.79 Å². The van der Waals surface area contributed by atoms with Crippen molar-refractivity contribution in [2.24, 2.45) is 0 Å². The van der Waals surface area contributed by atoms with Gasteiger partial charge < -0.3 is 15.7 Å². The summed E-state index contributed by atoms with van der Waals surface area (Å²) in [6, 6.07) is 3.36. The SMILES string of the molecule is O=C(Nc1ccc(C(F)(F)F)cc1)N[C@@H]1CCCC[C@H]1O. The molecule has 116 valence electrons. The third-order valence-corrected chi connectivity index (χ3v) is 3.52. The number of urea groups is 1. The minimum Gasteiger partial charge on any atom is -0.391 e. The van der Waals surface area contributed by atoms with Crippen molar-refractivity contribution in [3.05, 3.63) is 29.8 Å². The highest BCUT2D eigenvalue weighted by Gasteiger charge is 2.30. The number of hydrogen-bond acceptors (Lipinski definition) is 2. The number of amides is 2. The number of halogens is 3. The Morgan fingerprint density at radius 1 is 1.14 bits per heavy atom. The van der Waals surface area contributed by atoms with Gasteiger partial charge >= 0.3 is 12.2 Å². The van der Waals surface area contributed by atoms with Gasteiger partial charge in [-0.15, -0.1) is 0 Å². The third kappa shape index (κ3) is 4.35. The maximum absolute atomic E-state index is 12.4. The number of rotatable bonds is 2. The number of alkyl halides is 3. The molecule has 0 radical (unpaired) electrons. The molecule has 0 heterocycles. The molecular formula is C14H17F3N2O2. The van der Waals surface area contributed by atoms with Crippen LogP contribution in [0.2, 0.25) is 0 Å². The molecule has 7 heteroatoms. The average Bonchev–Trinajstić information content (AvgIpc) is 2.41. The molecule has 1 aromatic rings. The second-order valence-corrected chi connectivity index (χ2v) is 5.13. The Morgan fingerprint density at radius 2 is 1.76 bits per heavy atom. The van der Waals surface area contributed by atoms with Crippen LogP contribution >= 0.6 is 0 Å². The van der Waals surface area contributed by atoms with E-state index in [4.69, 9.17) is 0 Å². The van der Waals surface area contributed by atoms with Crippen LogP contribution in [-0.4, -0.2) is 23.3 Å². The minimum atomic E-state index is -4.40. The number of carbonyl (C=O) groups excluding carboxylic acids is 1. The highest BCUT2D eigenvalue weighted by molar-refractivity contribution is 5.89. The summed E-state index contributed by atoms with van der Waals surface area (Å²) in [5.41, 5.74) is -0.498. The lowest BCUT2D eigenvalue weighted by Crippen LogP contribution is -2.46. The van der Waals surface area contributed by atoms with Crippen LogP contribution in [0.4, 0.5) is 23.7 Å². The molecule has 0 saturated heterocycles. The van der Waals surface area contributed by atoms with Gasteiger partial charge in [0.05, 0.1) is 17.7 Å². The molecule has 1 fully saturated rings. The van der Waals surface area contributed by atoms with E-state index in [9.17, 15) is 23.1 Å². The van der Waals surface area contributed by atoms with Crippen LogP contribution in [0.1, 0.15) is 31.2 Å². The molecule has 3 N–H and O–H groups in total. The van der Waals surface area contributed by atoms with Gasteiger partial charge in [-0.3, -0.25) is 0 Å². The van der Waals surface area contributed by atoms with E-state index in [1.54, 1.807) is 0 Å². The number of aliphatic hydroxyl groups excluding tert-OH is 1. The van der Waals surface area contributed by atoms with Crippen molar-refractivity contribution >= 4 is 11.7 Å². The molecule has 1 saturated carbocycles. The lowest BCUT2D eigenvalue weighted by Gasteiger charge is -2.28. The smallest absolute Gasteiger partial charge is 0.391 e. The van der Waals surface area contributed by atoms with Crippen molar-refractivity contribution in [1.29, 1.82) is 0 Å². The highest BCUT2D eigenvalue weighted by atomic mass is 19.4. The summed E-state index contributed by atoms with van der Waals surface area (Å²) in [7, 11) is 0. The summed E-state index contributed by atoms with van der Waals surface area (Å²) < 4.78 is 37.2. The molecule has 0 aromatic heterocycles. The molecule has 1 aliphatic carbocycles. The molecule has 0 spiro atoms. The van der Waals surface area contributed by atoms with E-state index in [1.807, 2.05) is 0 Å². The maximum atomic E-state index is 12.4. The van der Waals surface area contributed by atoms with Crippen LogP contribution < -0.4 is 10.6 Å².